The molecule has 0 bridgehead atoms. The van der Waals surface area contributed by atoms with Crippen LogP contribution in [0.2, 0.25) is 0 Å². The molecule has 2 heteroatoms. The van der Waals surface area contributed by atoms with Gasteiger partial charge in [-0.15, -0.1) is 11.6 Å². The van der Waals surface area contributed by atoms with Gasteiger partial charge >= 0.3 is 0 Å². The van der Waals surface area contributed by atoms with Gasteiger partial charge in [0.05, 0.1) is 7.11 Å². The van der Waals surface area contributed by atoms with E-state index in [-0.39, 0.29) is 5.38 Å². The van der Waals surface area contributed by atoms with E-state index in [4.69, 9.17) is 16.3 Å². The predicted molar refractivity (Wildman–Crippen MR) is 61.2 cm³/mol. The average molecular weight is 213 g/mol. The molecule has 0 amide bonds. The molecule has 2 unspecified atom stereocenters. The summed E-state index contributed by atoms with van der Waals surface area (Å²) in [7, 11) is 1.68. The van der Waals surface area contributed by atoms with Crippen molar-refractivity contribution in [1.82, 2.24) is 0 Å². The van der Waals surface area contributed by atoms with E-state index in [0.29, 0.717) is 5.92 Å². The van der Waals surface area contributed by atoms with Crippen molar-refractivity contribution in [1.29, 1.82) is 0 Å². The smallest absolute Gasteiger partial charge is 0.118 e. The highest BCUT2D eigenvalue weighted by atomic mass is 35.5. The van der Waals surface area contributed by atoms with Gasteiger partial charge < -0.3 is 4.74 Å². The summed E-state index contributed by atoms with van der Waals surface area (Å²) in [4.78, 5) is 0. The number of methoxy groups -OCH3 is 1. The van der Waals surface area contributed by atoms with Crippen LogP contribution < -0.4 is 4.74 Å². The van der Waals surface area contributed by atoms with Gasteiger partial charge in [-0.25, -0.2) is 0 Å². The molecule has 14 heavy (non-hydrogen) atoms. The van der Waals surface area contributed by atoms with Gasteiger partial charge in [-0.05, 0) is 37.0 Å². The molecule has 0 radical (unpaired) electrons. The molecule has 0 aliphatic rings. The second kappa shape index (κ2) is 5.26. The highest BCUT2D eigenvalue weighted by molar-refractivity contribution is 6.20. The maximum absolute atomic E-state index is 6.01. The summed E-state index contributed by atoms with van der Waals surface area (Å²) >= 11 is 6.01. The van der Waals surface area contributed by atoms with Crippen molar-refractivity contribution in [2.45, 2.75) is 25.6 Å². The first-order chi connectivity index (χ1) is 6.63. The van der Waals surface area contributed by atoms with Crippen molar-refractivity contribution in [2.75, 3.05) is 7.11 Å². The van der Waals surface area contributed by atoms with Crippen LogP contribution in [-0.2, 0) is 6.42 Å². The van der Waals surface area contributed by atoms with Crippen molar-refractivity contribution in [3.05, 3.63) is 29.8 Å². The minimum Gasteiger partial charge on any atom is -0.497 e. The maximum Gasteiger partial charge on any atom is 0.118 e. The average Bonchev–Trinajstić information content (AvgIpc) is 2.19. The molecule has 0 aliphatic heterocycles. The minimum atomic E-state index is 0.220. The van der Waals surface area contributed by atoms with Gasteiger partial charge in [0.15, 0.2) is 0 Å². The molecule has 0 N–H and O–H groups in total. The zero-order valence-corrected chi connectivity index (χ0v) is 9.71. The molecule has 0 aromatic heterocycles. The van der Waals surface area contributed by atoms with Crippen molar-refractivity contribution >= 4 is 11.6 Å². The predicted octanol–water partition coefficient (Wildman–Crippen LogP) is 3.50. The Kier molecular flexibility index (Phi) is 4.27. The van der Waals surface area contributed by atoms with Crippen LogP contribution in [-0.4, -0.2) is 12.5 Å². The van der Waals surface area contributed by atoms with Crippen molar-refractivity contribution in [3.63, 3.8) is 0 Å². The Hall–Kier alpha value is -0.690. The Morgan fingerprint density at radius 2 is 1.79 bits per heavy atom. The van der Waals surface area contributed by atoms with Gasteiger partial charge in [0, 0.05) is 5.38 Å². The highest BCUT2D eigenvalue weighted by Gasteiger charge is 2.09. The molecule has 1 nitrogen and oxygen atoms in total. The summed E-state index contributed by atoms with van der Waals surface area (Å²) in [5, 5.41) is 0.220. The minimum absolute atomic E-state index is 0.220. The molecule has 0 heterocycles. The molecule has 1 rings (SSSR count). The van der Waals surface area contributed by atoms with E-state index in [1.807, 2.05) is 19.1 Å². The molecule has 1 aromatic carbocycles. The van der Waals surface area contributed by atoms with E-state index in [9.17, 15) is 0 Å². The fourth-order valence-electron chi connectivity index (χ4n) is 1.30. The molecule has 0 aliphatic carbocycles. The molecule has 2 atom stereocenters. The number of halogens is 1. The highest BCUT2D eigenvalue weighted by Crippen LogP contribution is 2.18. The zero-order valence-electron chi connectivity index (χ0n) is 8.96. The van der Waals surface area contributed by atoms with Gasteiger partial charge in [0.25, 0.3) is 0 Å². The van der Waals surface area contributed by atoms with E-state index in [0.717, 1.165) is 12.2 Å². The van der Waals surface area contributed by atoms with Gasteiger partial charge in [-0.2, -0.15) is 0 Å². The molecule has 0 fully saturated rings. The fourth-order valence-corrected chi connectivity index (χ4v) is 1.38. The van der Waals surface area contributed by atoms with Gasteiger partial charge in [0.1, 0.15) is 5.75 Å². The van der Waals surface area contributed by atoms with Crippen LogP contribution >= 0.6 is 11.6 Å². The fraction of sp³-hybridized carbons (Fsp3) is 0.500. The number of hydrogen-bond donors (Lipinski definition) is 0. The lowest BCUT2D eigenvalue weighted by Gasteiger charge is -2.13. The van der Waals surface area contributed by atoms with E-state index < -0.39 is 0 Å². The van der Waals surface area contributed by atoms with Gasteiger partial charge in [0.2, 0.25) is 0 Å². The standard InChI is InChI=1S/C12H17ClO/c1-9(10(2)13)8-11-4-6-12(14-3)7-5-11/h4-7,9-10H,8H2,1-3H3. The summed E-state index contributed by atoms with van der Waals surface area (Å²) in [5.41, 5.74) is 1.31. The third-order valence-electron chi connectivity index (χ3n) is 2.50. The Morgan fingerprint density at radius 1 is 1.21 bits per heavy atom. The molecule has 0 spiro atoms. The van der Waals surface area contributed by atoms with Gasteiger partial charge in [-0.1, -0.05) is 19.1 Å². The van der Waals surface area contributed by atoms with E-state index in [2.05, 4.69) is 19.1 Å². The number of ether oxygens (including phenoxy) is 1. The van der Waals surface area contributed by atoms with Crippen LogP contribution in [0.15, 0.2) is 24.3 Å². The van der Waals surface area contributed by atoms with E-state index >= 15 is 0 Å². The Bertz CT molecular complexity index is 266. The van der Waals surface area contributed by atoms with Gasteiger partial charge in [-0.3, -0.25) is 0 Å². The molecule has 78 valence electrons. The van der Waals surface area contributed by atoms with E-state index in [1.165, 1.54) is 5.56 Å². The third kappa shape index (κ3) is 3.22. The number of rotatable bonds is 4. The molecule has 0 saturated carbocycles. The summed E-state index contributed by atoms with van der Waals surface area (Å²) < 4.78 is 5.10. The second-order valence-corrected chi connectivity index (χ2v) is 4.40. The summed E-state index contributed by atoms with van der Waals surface area (Å²) in [6, 6.07) is 8.16. The Balaban J connectivity index is 2.59. The number of benzene rings is 1. The summed E-state index contributed by atoms with van der Waals surface area (Å²) in [6.45, 7) is 4.21. The lowest BCUT2D eigenvalue weighted by atomic mass is 9.98. The lowest BCUT2D eigenvalue weighted by molar-refractivity contribution is 0.414. The molecular formula is C12H17ClO. The normalized spacial score (nSPS) is 14.9. The summed E-state index contributed by atoms with van der Waals surface area (Å²) in [5.74, 6) is 1.41. The third-order valence-corrected chi connectivity index (χ3v) is 2.93. The van der Waals surface area contributed by atoms with Crippen LogP contribution in [0.3, 0.4) is 0 Å². The first kappa shape index (κ1) is 11.4. The number of alkyl halides is 1. The molecular weight excluding hydrogens is 196 g/mol. The first-order valence-electron chi connectivity index (χ1n) is 4.90. The maximum atomic E-state index is 6.01. The van der Waals surface area contributed by atoms with Crippen molar-refractivity contribution < 1.29 is 4.74 Å². The quantitative estimate of drug-likeness (QED) is 0.695. The Morgan fingerprint density at radius 3 is 2.21 bits per heavy atom. The topological polar surface area (TPSA) is 9.23 Å². The van der Waals surface area contributed by atoms with Crippen LogP contribution in [0.5, 0.6) is 5.75 Å². The van der Waals surface area contributed by atoms with Crippen LogP contribution in [0, 0.1) is 5.92 Å². The van der Waals surface area contributed by atoms with E-state index in [1.54, 1.807) is 7.11 Å². The lowest BCUT2D eigenvalue weighted by Crippen LogP contribution is -2.09. The second-order valence-electron chi connectivity index (χ2n) is 3.71. The Labute approximate surface area is 91.0 Å². The first-order valence-corrected chi connectivity index (χ1v) is 5.34. The van der Waals surface area contributed by atoms with Crippen LogP contribution in [0.4, 0.5) is 0 Å². The zero-order chi connectivity index (χ0) is 10.6. The molecule has 0 saturated heterocycles. The largest absolute Gasteiger partial charge is 0.497 e. The molecule has 1 aromatic rings. The van der Waals surface area contributed by atoms with Crippen molar-refractivity contribution in [3.8, 4) is 5.75 Å². The monoisotopic (exact) mass is 212 g/mol. The number of hydrogen-bond acceptors (Lipinski definition) is 1. The summed E-state index contributed by atoms with van der Waals surface area (Å²) in [6.07, 6.45) is 1.02. The van der Waals surface area contributed by atoms with Crippen LogP contribution in [0.1, 0.15) is 19.4 Å². The van der Waals surface area contributed by atoms with Crippen LogP contribution in [0.25, 0.3) is 0 Å². The van der Waals surface area contributed by atoms with Crippen molar-refractivity contribution in [2.24, 2.45) is 5.92 Å². The SMILES string of the molecule is COc1ccc(CC(C)C(C)Cl)cc1.